The lowest BCUT2D eigenvalue weighted by molar-refractivity contribution is 0.194. The first-order valence-corrected chi connectivity index (χ1v) is 10.2. The maximum atomic E-state index is 13.5. The Hall–Kier alpha value is -3.50. The molecule has 0 aliphatic carbocycles. The standard InChI is InChI=1S/C25H20ClN3O/c26-21-13-6-5-12-20(21)24-23-15-8-16-28(23)22-14-7-4-9-18(22)17-29(24)25(30)27-19-10-2-1-3-11-19/h1-16,24H,17H2,(H,27,30)/t24-/m0/s1. The van der Waals surface area contributed by atoms with Crippen molar-refractivity contribution in [1.29, 1.82) is 0 Å². The van der Waals surface area contributed by atoms with E-state index >= 15 is 0 Å². The first kappa shape index (κ1) is 18.5. The minimum Gasteiger partial charge on any atom is -0.318 e. The van der Waals surface area contributed by atoms with Crippen LogP contribution in [-0.2, 0) is 6.54 Å². The largest absolute Gasteiger partial charge is 0.322 e. The van der Waals surface area contributed by atoms with E-state index in [1.165, 1.54) is 0 Å². The van der Waals surface area contributed by atoms with Gasteiger partial charge >= 0.3 is 6.03 Å². The van der Waals surface area contributed by atoms with Gasteiger partial charge in [0.2, 0.25) is 0 Å². The van der Waals surface area contributed by atoms with E-state index in [0.717, 1.165) is 28.2 Å². The Morgan fingerprint density at radius 1 is 0.867 bits per heavy atom. The van der Waals surface area contributed by atoms with Gasteiger partial charge in [0.1, 0.15) is 6.04 Å². The van der Waals surface area contributed by atoms with Crippen LogP contribution in [0, 0.1) is 0 Å². The van der Waals surface area contributed by atoms with Crippen LogP contribution >= 0.6 is 11.6 Å². The number of carbonyl (C=O) groups excluding carboxylic acids is 1. The Balaban J connectivity index is 1.66. The zero-order valence-corrected chi connectivity index (χ0v) is 17.0. The van der Waals surface area contributed by atoms with Gasteiger partial charge in [0.25, 0.3) is 0 Å². The smallest absolute Gasteiger partial charge is 0.318 e. The lowest BCUT2D eigenvalue weighted by atomic mass is 10.0. The van der Waals surface area contributed by atoms with E-state index in [4.69, 9.17) is 11.6 Å². The number of fused-ring (bicyclic) bond motifs is 3. The van der Waals surface area contributed by atoms with Crippen LogP contribution in [0.15, 0.2) is 97.2 Å². The van der Waals surface area contributed by atoms with Crippen molar-refractivity contribution >= 4 is 23.3 Å². The van der Waals surface area contributed by atoms with E-state index in [1.807, 2.05) is 83.9 Å². The molecule has 1 aliphatic rings. The van der Waals surface area contributed by atoms with Gasteiger partial charge in [-0.2, -0.15) is 0 Å². The molecular formula is C25H20ClN3O. The number of hydrogen-bond donors (Lipinski definition) is 1. The molecule has 3 aromatic carbocycles. The number of rotatable bonds is 2. The number of halogens is 1. The van der Waals surface area contributed by atoms with Crippen LogP contribution in [0.3, 0.4) is 0 Å². The van der Waals surface area contributed by atoms with Crippen molar-refractivity contribution in [3.05, 3.63) is 119 Å². The fraction of sp³-hybridized carbons (Fsp3) is 0.0800. The quantitative estimate of drug-likeness (QED) is 0.413. The van der Waals surface area contributed by atoms with Crippen molar-refractivity contribution in [1.82, 2.24) is 9.47 Å². The first-order valence-electron chi connectivity index (χ1n) is 9.85. The van der Waals surface area contributed by atoms with Crippen LogP contribution in [0.5, 0.6) is 0 Å². The maximum absolute atomic E-state index is 13.5. The van der Waals surface area contributed by atoms with Gasteiger partial charge in [-0.05, 0) is 47.5 Å². The number of para-hydroxylation sites is 2. The molecule has 5 rings (SSSR count). The van der Waals surface area contributed by atoms with E-state index in [1.54, 1.807) is 0 Å². The van der Waals surface area contributed by atoms with E-state index in [0.29, 0.717) is 11.6 Å². The minimum atomic E-state index is -0.329. The molecule has 2 heterocycles. The summed E-state index contributed by atoms with van der Waals surface area (Å²) in [7, 11) is 0. The highest BCUT2D eigenvalue weighted by Crippen LogP contribution is 2.39. The Labute approximate surface area is 180 Å². The zero-order chi connectivity index (χ0) is 20.5. The van der Waals surface area contributed by atoms with E-state index in [9.17, 15) is 4.79 Å². The zero-order valence-electron chi connectivity index (χ0n) is 16.2. The number of nitrogens with zero attached hydrogens (tertiary/aromatic N) is 2. The molecule has 30 heavy (non-hydrogen) atoms. The molecular weight excluding hydrogens is 394 g/mol. The summed E-state index contributed by atoms with van der Waals surface area (Å²) < 4.78 is 2.15. The van der Waals surface area contributed by atoms with Crippen LogP contribution in [0.25, 0.3) is 5.69 Å². The third kappa shape index (κ3) is 3.25. The van der Waals surface area contributed by atoms with Crippen LogP contribution in [0.4, 0.5) is 10.5 Å². The number of hydrogen-bond acceptors (Lipinski definition) is 1. The average molecular weight is 414 g/mol. The second-order valence-corrected chi connectivity index (χ2v) is 7.69. The van der Waals surface area contributed by atoms with Crippen LogP contribution in [0.2, 0.25) is 5.02 Å². The number of amides is 2. The topological polar surface area (TPSA) is 37.3 Å². The Morgan fingerprint density at radius 3 is 2.43 bits per heavy atom. The van der Waals surface area contributed by atoms with Gasteiger partial charge in [0, 0.05) is 16.9 Å². The molecule has 0 bridgehead atoms. The summed E-state index contributed by atoms with van der Waals surface area (Å²) in [5, 5.41) is 3.68. The van der Waals surface area contributed by atoms with Crippen molar-refractivity contribution in [2.24, 2.45) is 0 Å². The third-order valence-electron chi connectivity index (χ3n) is 5.45. The van der Waals surface area contributed by atoms with Crippen molar-refractivity contribution < 1.29 is 4.79 Å². The highest BCUT2D eigenvalue weighted by Gasteiger charge is 2.34. The van der Waals surface area contributed by atoms with Crippen molar-refractivity contribution in [3.8, 4) is 5.69 Å². The molecule has 5 heteroatoms. The molecule has 1 aromatic heterocycles. The molecule has 1 aliphatic heterocycles. The first-order chi connectivity index (χ1) is 14.7. The molecule has 0 fully saturated rings. The highest BCUT2D eigenvalue weighted by atomic mass is 35.5. The Kier molecular flexibility index (Phi) is 4.77. The fourth-order valence-corrected chi connectivity index (χ4v) is 4.32. The summed E-state index contributed by atoms with van der Waals surface area (Å²) in [4.78, 5) is 15.4. The van der Waals surface area contributed by atoms with Crippen molar-refractivity contribution in [3.63, 3.8) is 0 Å². The van der Waals surface area contributed by atoms with Gasteiger partial charge in [0.05, 0.1) is 17.9 Å². The number of anilines is 1. The Bertz CT molecular complexity index is 1200. The maximum Gasteiger partial charge on any atom is 0.322 e. The summed E-state index contributed by atoms with van der Waals surface area (Å²) >= 11 is 6.62. The average Bonchev–Trinajstić information content (AvgIpc) is 3.20. The molecule has 2 amide bonds. The summed E-state index contributed by atoms with van der Waals surface area (Å²) in [6.07, 6.45) is 2.04. The summed E-state index contributed by atoms with van der Waals surface area (Å²) in [5.74, 6) is 0. The number of urea groups is 1. The number of benzene rings is 3. The lowest BCUT2D eigenvalue weighted by Crippen LogP contribution is -2.38. The van der Waals surface area contributed by atoms with E-state index in [2.05, 4.69) is 28.1 Å². The second kappa shape index (κ2) is 7.73. The second-order valence-electron chi connectivity index (χ2n) is 7.28. The Morgan fingerprint density at radius 2 is 1.60 bits per heavy atom. The van der Waals surface area contributed by atoms with E-state index in [-0.39, 0.29) is 12.1 Å². The fourth-order valence-electron chi connectivity index (χ4n) is 4.08. The molecule has 4 aromatic rings. The predicted octanol–water partition coefficient (Wildman–Crippen LogP) is 6.27. The SMILES string of the molecule is O=C(Nc1ccccc1)N1Cc2ccccc2-n2cccc2[C@@H]1c1ccccc1Cl. The molecule has 0 radical (unpaired) electrons. The summed E-state index contributed by atoms with van der Waals surface area (Å²) in [6, 6.07) is 29.0. The molecule has 0 saturated carbocycles. The highest BCUT2D eigenvalue weighted by molar-refractivity contribution is 6.31. The van der Waals surface area contributed by atoms with E-state index < -0.39 is 0 Å². The molecule has 1 atom stereocenters. The van der Waals surface area contributed by atoms with Gasteiger partial charge in [-0.3, -0.25) is 0 Å². The summed E-state index contributed by atoms with van der Waals surface area (Å²) in [5.41, 5.74) is 4.80. The predicted molar refractivity (Wildman–Crippen MR) is 120 cm³/mol. The van der Waals surface area contributed by atoms with Gasteiger partial charge < -0.3 is 14.8 Å². The van der Waals surface area contributed by atoms with Crippen LogP contribution < -0.4 is 5.32 Å². The van der Waals surface area contributed by atoms with Gasteiger partial charge in [-0.15, -0.1) is 0 Å². The molecule has 1 N–H and O–H groups in total. The minimum absolute atomic E-state index is 0.171. The van der Waals surface area contributed by atoms with Gasteiger partial charge in [-0.1, -0.05) is 66.2 Å². The van der Waals surface area contributed by atoms with Gasteiger partial charge in [-0.25, -0.2) is 4.79 Å². The molecule has 4 nitrogen and oxygen atoms in total. The summed E-state index contributed by atoms with van der Waals surface area (Å²) in [6.45, 7) is 0.465. The van der Waals surface area contributed by atoms with Gasteiger partial charge in [0.15, 0.2) is 0 Å². The lowest BCUT2D eigenvalue weighted by Gasteiger charge is -2.31. The number of nitrogens with one attached hydrogen (secondary N) is 1. The van der Waals surface area contributed by atoms with Crippen molar-refractivity contribution in [2.75, 3.05) is 5.32 Å². The molecule has 0 unspecified atom stereocenters. The third-order valence-corrected chi connectivity index (χ3v) is 5.79. The number of aromatic nitrogens is 1. The van der Waals surface area contributed by atoms with Crippen LogP contribution in [-0.4, -0.2) is 15.5 Å². The van der Waals surface area contributed by atoms with Crippen molar-refractivity contribution in [2.45, 2.75) is 12.6 Å². The number of carbonyl (C=O) groups is 1. The molecule has 148 valence electrons. The van der Waals surface area contributed by atoms with Crippen LogP contribution in [0.1, 0.15) is 22.9 Å². The normalized spacial score (nSPS) is 15.1. The molecule has 0 saturated heterocycles. The molecule has 0 spiro atoms. The monoisotopic (exact) mass is 413 g/mol.